The van der Waals surface area contributed by atoms with E-state index >= 15 is 0 Å². The Morgan fingerprint density at radius 3 is 2.46 bits per heavy atom. The van der Waals surface area contributed by atoms with Crippen LogP contribution in [-0.4, -0.2) is 23.9 Å². The summed E-state index contributed by atoms with van der Waals surface area (Å²) >= 11 is 13.4. The highest BCUT2D eigenvalue weighted by Crippen LogP contribution is 2.29. The minimum atomic E-state index is -3.95. The second-order valence-electron chi connectivity index (χ2n) is 8.26. The number of hydrogen-bond donors (Lipinski definition) is 2. The smallest absolute Gasteiger partial charge is 0.266 e. The molecule has 0 aliphatic heterocycles. The number of nitrogens with one attached hydrogen (secondary N) is 2. The summed E-state index contributed by atoms with van der Waals surface area (Å²) < 4.78 is 27.0. The van der Waals surface area contributed by atoms with Gasteiger partial charge in [0.1, 0.15) is 10.0 Å². The van der Waals surface area contributed by atoms with Gasteiger partial charge in [0.2, 0.25) is 0 Å². The molecule has 0 saturated carbocycles. The number of nitrogens with zero attached hydrogens (tertiary/aromatic N) is 2. The molecule has 2 aromatic heterocycles. The van der Waals surface area contributed by atoms with Crippen molar-refractivity contribution in [1.82, 2.24) is 19.8 Å². The summed E-state index contributed by atoms with van der Waals surface area (Å²) in [7, 11) is -3.95. The van der Waals surface area contributed by atoms with Gasteiger partial charge < -0.3 is 0 Å². The number of hydrazine groups is 1. The molecule has 0 fully saturated rings. The van der Waals surface area contributed by atoms with Gasteiger partial charge in [0.15, 0.2) is 0 Å². The lowest BCUT2D eigenvalue weighted by Crippen LogP contribution is -2.41. The Labute approximate surface area is 227 Å². The molecule has 0 spiro atoms. The number of halogens is 2. The maximum atomic E-state index is 12.8. The average molecular weight is 572 g/mol. The molecule has 5 rings (SSSR count). The van der Waals surface area contributed by atoms with Crippen LogP contribution in [0.2, 0.25) is 9.36 Å². The van der Waals surface area contributed by atoms with Gasteiger partial charge in [0.25, 0.3) is 15.9 Å². The van der Waals surface area contributed by atoms with Crippen molar-refractivity contribution in [2.24, 2.45) is 0 Å². The summed E-state index contributed by atoms with van der Waals surface area (Å²) in [5.41, 5.74) is 6.82. The molecule has 0 atom stereocenters. The quantitative estimate of drug-likeness (QED) is 0.238. The Hall–Kier alpha value is -3.21. The van der Waals surface area contributed by atoms with Crippen LogP contribution in [0.5, 0.6) is 0 Å². The molecule has 0 unspecified atom stereocenters. The highest BCUT2D eigenvalue weighted by Gasteiger charge is 2.19. The number of hydrogen-bond acceptors (Lipinski definition) is 5. The first-order valence-electron chi connectivity index (χ1n) is 11.1. The van der Waals surface area contributed by atoms with Gasteiger partial charge in [-0.05, 0) is 66.9 Å². The monoisotopic (exact) mass is 570 g/mol. The van der Waals surface area contributed by atoms with Crippen molar-refractivity contribution in [2.75, 3.05) is 0 Å². The first-order valence-corrected chi connectivity index (χ1v) is 14.2. The fourth-order valence-corrected chi connectivity index (χ4v) is 6.60. The molecule has 2 heterocycles. The summed E-state index contributed by atoms with van der Waals surface area (Å²) in [6.45, 7) is 1.86. The number of aryl methyl sites for hydroxylation is 1. The van der Waals surface area contributed by atoms with E-state index in [4.69, 9.17) is 23.2 Å². The van der Waals surface area contributed by atoms with Gasteiger partial charge in [0, 0.05) is 5.56 Å². The summed E-state index contributed by atoms with van der Waals surface area (Å²) in [6.07, 6.45) is 0.752. The summed E-state index contributed by atoms with van der Waals surface area (Å²) in [4.78, 5) is 19.5. The maximum absolute atomic E-state index is 12.8. The van der Waals surface area contributed by atoms with E-state index < -0.39 is 15.9 Å². The van der Waals surface area contributed by atoms with Gasteiger partial charge in [-0.3, -0.25) is 14.8 Å². The Morgan fingerprint density at radius 1 is 0.973 bits per heavy atom. The number of rotatable bonds is 7. The number of imidazole rings is 1. The summed E-state index contributed by atoms with van der Waals surface area (Å²) in [5.74, 6) is 0.0726. The van der Waals surface area contributed by atoms with Crippen LogP contribution in [0.15, 0.2) is 83.1 Å². The molecule has 1 amide bonds. The maximum Gasteiger partial charge on any atom is 0.266 e. The minimum absolute atomic E-state index is 0.00712. The van der Waals surface area contributed by atoms with Crippen LogP contribution in [0.25, 0.3) is 16.7 Å². The second kappa shape index (κ2) is 10.3. The van der Waals surface area contributed by atoms with Gasteiger partial charge >= 0.3 is 0 Å². The van der Waals surface area contributed by atoms with Crippen molar-refractivity contribution in [1.29, 1.82) is 0 Å². The molecule has 2 N–H and O–H groups in total. The standard InChI is InChI=1S/C26H20Cl2N4O3S2/c1-16-29-21-9-8-19(26(33)30-31-37(34,35)25-12-11-24(28)36-25)15-23(21)32(16)22-10-7-18(14-20(22)27)13-17-5-3-2-4-6-17/h2-12,14-15,31H,13H2,1H3,(H,30,33). The zero-order chi connectivity index (χ0) is 26.2. The van der Waals surface area contributed by atoms with Crippen molar-refractivity contribution in [3.8, 4) is 5.69 Å². The van der Waals surface area contributed by atoms with E-state index in [0.29, 0.717) is 26.2 Å². The molecule has 0 radical (unpaired) electrons. The Balaban J connectivity index is 1.41. The predicted molar refractivity (Wildman–Crippen MR) is 147 cm³/mol. The molecule has 3 aromatic carbocycles. The van der Waals surface area contributed by atoms with Crippen LogP contribution < -0.4 is 10.3 Å². The first-order chi connectivity index (χ1) is 17.7. The number of sulfonamides is 1. The number of carbonyl (C=O) groups is 1. The van der Waals surface area contributed by atoms with E-state index in [1.54, 1.807) is 18.2 Å². The molecular weight excluding hydrogens is 551 g/mol. The van der Waals surface area contributed by atoms with Crippen molar-refractivity contribution < 1.29 is 13.2 Å². The molecule has 0 aliphatic rings. The van der Waals surface area contributed by atoms with Crippen molar-refractivity contribution in [3.05, 3.63) is 111 Å². The third-order valence-corrected chi connectivity index (χ3v) is 8.97. The van der Waals surface area contributed by atoms with Crippen LogP contribution in [0.3, 0.4) is 0 Å². The Bertz CT molecular complexity index is 1730. The number of aromatic nitrogens is 2. The van der Waals surface area contributed by atoms with E-state index in [9.17, 15) is 13.2 Å². The first kappa shape index (κ1) is 25.4. The topological polar surface area (TPSA) is 93.1 Å². The van der Waals surface area contributed by atoms with Crippen LogP contribution in [-0.2, 0) is 16.4 Å². The van der Waals surface area contributed by atoms with Crippen LogP contribution in [0.1, 0.15) is 27.3 Å². The van der Waals surface area contributed by atoms with Crippen molar-refractivity contribution in [2.45, 2.75) is 17.6 Å². The van der Waals surface area contributed by atoms with Gasteiger partial charge in [-0.2, -0.15) is 0 Å². The molecule has 37 heavy (non-hydrogen) atoms. The molecule has 11 heteroatoms. The van der Waals surface area contributed by atoms with E-state index in [-0.39, 0.29) is 9.77 Å². The molecule has 5 aromatic rings. The van der Waals surface area contributed by atoms with Crippen LogP contribution in [0, 0.1) is 6.92 Å². The lowest BCUT2D eigenvalue weighted by molar-refractivity contribution is 0.0945. The largest absolute Gasteiger partial charge is 0.295 e. The van der Waals surface area contributed by atoms with E-state index in [1.165, 1.54) is 17.7 Å². The number of benzene rings is 3. The minimum Gasteiger partial charge on any atom is -0.295 e. The fourth-order valence-electron chi connectivity index (χ4n) is 3.99. The number of carbonyl (C=O) groups excluding carboxylic acids is 1. The molecule has 188 valence electrons. The van der Waals surface area contributed by atoms with E-state index in [0.717, 1.165) is 29.0 Å². The lowest BCUT2D eigenvalue weighted by atomic mass is 10.0. The SMILES string of the molecule is Cc1nc2ccc(C(=O)NNS(=O)(=O)c3ccc(Cl)s3)cc2n1-c1ccc(Cc2ccccc2)cc1Cl. The van der Waals surface area contributed by atoms with Crippen molar-refractivity contribution in [3.63, 3.8) is 0 Å². The predicted octanol–water partition coefficient (Wildman–Crippen LogP) is 5.92. The fraction of sp³-hybridized carbons (Fsp3) is 0.0769. The second-order valence-corrected chi connectivity index (χ2v) is 12.3. The van der Waals surface area contributed by atoms with Crippen LogP contribution in [0.4, 0.5) is 0 Å². The molecule has 7 nitrogen and oxygen atoms in total. The third-order valence-electron chi connectivity index (χ3n) is 5.70. The summed E-state index contributed by atoms with van der Waals surface area (Å²) in [5, 5.41) is 0.549. The molecular formula is C26H20Cl2N4O3S2. The molecule has 0 saturated heterocycles. The molecule has 0 bridgehead atoms. The third kappa shape index (κ3) is 5.41. The number of thiophene rings is 1. The average Bonchev–Trinajstić information content (AvgIpc) is 3.46. The highest BCUT2D eigenvalue weighted by atomic mass is 35.5. The van der Waals surface area contributed by atoms with Gasteiger partial charge in [0.05, 0.1) is 26.1 Å². The Morgan fingerprint density at radius 2 is 1.76 bits per heavy atom. The van der Waals surface area contributed by atoms with Gasteiger partial charge in [-0.1, -0.05) is 59.6 Å². The summed E-state index contributed by atoms with van der Waals surface area (Å²) in [6, 6.07) is 23.8. The van der Waals surface area contributed by atoms with Gasteiger partial charge in [-0.15, -0.1) is 16.2 Å². The Kier molecular flexibility index (Phi) is 7.06. The lowest BCUT2D eigenvalue weighted by Gasteiger charge is -2.12. The van der Waals surface area contributed by atoms with Crippen LogP contribution >= 0.6 is 34.5 Å². The molecule has 0 aliphatic carbocycles. The zero-order valence-electron chi connectivity index (χ0n) is 19.4. The highest BCUT2D eigenvalue weighted by molar-refractivity contribution is 7.91. The zero-order valence-corrected chi connectivity index (χ0v) is 22.5. The van der Waals surface area contributed by atoms with Gasteiger partial charge in [-0.25, -0.2) is 13.4 Å². The van der Waals surface area contributed by atoms with Crippen molar-refractivity contribution >= 4 is 61.5 Å². The van der Waals surface area contributed by atoms with E-state index in [2.05, 4.69) is 27.4 Å². The normalized spacial score (nSPS) is 11.6. The number of amides is 1. The van der Waals surface area contributed by atoms with E-state index in [1.807, 2.05) is 47.9 Å². The number of fused-ring (bicyclic) bond motifs is 1.